The second-order valence-corrected chi connectivity index (χ2v) is 6.66. The third-order valence-electron chi connectivity index (χ3n) is 4.41. The minimum Gasteiger partial charge on any atom is -0.368 e. The molecule has 0 aliphatic heterocycles. The molecule has 134 valence electrons. The van der Waals surface area contributed by atoms with Gasteiger partial charge in [0, 0.05) is 23.9 Å². The van der Waals surface area contributed by atoms with E-state index in [1.807, 2.05) is 29.1 Å². The summed E-state index contributed by atoms with van der Waals surface area (Å²) < 4.78 is 1.88. The van der Waals surface area contributed by atoms with Crippen molar-refractivity contribution in [1.82, 2.24) is 15.1 Å². The van der Waals surface area contributed by atoms with Gasteiger partial charge < -0.3 is 11.1 Å². The molecule has 0 fully saturated rings. The van der Waals surface area contributed by atoms with Crippen molar-refractivity contribution in [3.05, 3.63) is 71.4 Å². The molecule has 1 atom stereocenters. The van der Waals surface area contributed by atoms with Gasteiger partial charge in [-0.2, -0.15) is 5.10 Å². The number of benzene rings is 2. The van der Waals surface area contributed by atoms with Gasteiger partial charge in [-0.15, -0.1) is 0 Å². The van der Waals surface area contributed by atoms with E-state index in [-0.39, 0.29) is 5.91 Å². The number of primary amides is 1. The fourth-order valence-electron chi connectivity index (χ4n) is 2.77. The fraction of sp³-hybridized carbons (Fsp3) is 0.238. The Kier molecular flexibility index (Phi) is 5.19. The predicted octanol–water partition coefficient (Wildman–Crippen LogP) is 3.12. The van der Waals surface area contributed by atoms with Crippen molar-refractivity contribution < 1.29 is 4.79 Å². The Hall–Kier alpha value is -2.92. The van der Waals surface area contributed by atoms with Crippen molar-refractivity contribution in [2.75, 3.05) is 0 Å². The Morgan fingerprint density at radius 1 is 1.15 bits per heavy atom. The van der Waals surface area contributed by atoms with Crippen LogP contribution in [0.15, 0.2) is 54.7 Å². The maximum absolute atomic E-state index is 11.3. The second kappa shape index (κ2) is 7.54. The van der Waals surface area contributed by atoms with Gasteiger partial charge in [-0.1, -0.05) is 41.5 Å². The van der Waals surface area contributed by atoms with Crippen molar-refractivity contribution in [2.45, 2.75) is 33.4 Å². The zero-order valence-corrected chi connectivity index (χ0v) is 15.4. The first kappa shape index (κ1) is 17.9. The zero-order chi connectivity index (χ0) is 18.7. The van der Waals surface area contributed by atoms with Crippen LogP contribution in [0, 0.1) is 13.8 Å². The SMILES string of the molecule is Cc1ccc(-n2cc(CN[C@@H](C)C(N)=O)c(-c3cccc(C)c3)n2)cc1. The highest BCUT2D eigenvalue weighted by Crippen LogP contribution is 2.25. The molecule has 1 aromatic heterocycles. The van der Waals surface area contributed by atoms with E-state index in [1.165, 1.54) is 11.1 Å². The summed E-state index contributed by atoms with van der Waals surface area (Å²) in [5.74, 6) is -0.368. The van der Waals surface area contributed by atoms with Gasteiger partial charge in [0.15, 0.2) is 0 Å². The average Bonchev–Trinajstić information content (AvgIpc) is 3.04. The summed E-state index contributed by atoms with van der Waals surface area (Å²) in [4.78, 5) is 11.3. The van der Waals surface area contributed by atoms with Crippen LogP contribution in [0.25, 0.3) is 16.9 Å². The van der Waals surface area contributed by atoms with Gasteiger partial charge in [0.25, 0.3) is 0 Å². The molecule has 26 heavy (non-hydrogen) atoms. The van der Waals surface area contributed by atoms with Crippen LogP contribution in [0.1, 0.15) is 23.6 Å². The number of nitrogens with zero attached hydrogens (tertiary/aromatic N) is 2. The summed E-state index contributed by atoms with van der Waals surface area (Å²) in [6.45, 7) is 6.40. The Balaban J connectivity index is 1.99. The number of aromatic nitrogens is 2. The van der Waals surface area contributed by atoms with E-state index in [0.717, 1.165) is 22.5 Å². The van der Waals surface area contributed by atoms with E-state index in [4.69, 9.17) is 10.8 Å². The topological polar surface area (TPSA) is 72.9 Å². The molecule has 3 N–H and O–H groups in total. The minimum atomic E-state index is -0.400. The molecule has 1 heterocycles. The lowest BCUT2D eigenvalue weighted by molar-refractivity contribution is -0.119. The molecule has 5 nitrogen and oxygen atoms in total. The molecule has 1 amide bonds. The highest BCUT2D eigenvalue weighted by molar-refractivity contribution is 5.79. The number of nitrogens with one attached hydrogen (secondary N) is 1. The van der Waals surface area contributed by atoms with E-state index in [0.29, 0.717) is 6.54 Å². The maximum Gasteiger partial charge on any atom is 0.234 e. The van der Waals surface area contributed by atoms with E-state index in [2.05, 4.69) is 49.5 Å². The predicted molar refractivity (Wildman–Crippen MR) is 104 cm³/mol. The number of amides is 1. The Morgan fingerprint density at radius 3 is 2.54 bits per heavy atom. The maximum atomic E-state index is 11.3. The molecule has 0 spiro atoms. The third kappa shape index (κ3) is 4.00. The highest BCUT2D eigenvalue weighted by atomic mass is 16.1. The Labute approximate surface area is 153 Å². The molecule has 0 saturated heterocycles. The number of carbonyl (C=O) groups excluding carboxylic acids is 1. The molecule has 3 aromatic rings. The fourth-order valence-corrected chi connectivity index (χ4v) is 2.77. The molecule has 0 aliphatic rings. The summed E-state index contributed by atoms with van der Waals surface area (Å²) in [6.07, 6.45) is 2.00. The van der Waals surface area contributed by atoms with E-state index in [1.54, 1.807) is 6.92 Å². The van der Waals surface area contributed by atoms with Crippen molar-refractivity contribution in [2.24, 2.45) is 5.73 Å². The normalized spacial score (nSPS) is 12.1. The minimum absolute atomic E-state index is 0.368. The lowest BCUT2D eigenvalue weighted by Crippen LogP contribution is -2.38. The van der Waals surface area contributed by atoms with E-state index in [9.17, 15) is 4.79 Å². The summed E-state index contributed by atoms with van der Waals surface area (Å²) in [5, 5.41) is 7.97. The van der Waals surface area contributed by atoms with Gasteiger partial charge in [-0.05, 0) is 39.0 Å². The van der Waals surface area contributed by atoms with E-state index < -0.39 is 6.04 Å². The lowest BCUT2D eigenvalue weighted by Gasteiger charge is -2.10. The number of carbonyl (C=O) groups is 1. The molecule has 0 saturated carbocycles. The largest absolute Gasteiger partial charge is 0.368 e. The highest BCUT2D eigenvalue weighted by Gasteiger charge is 2.15. The van der Waals surface area contributed by atoms with Gasteiger partial charge in [0.2, 0.25) is 5.91 Å². The van der Waals surface area contributed by atoms with Gasteiger partial charge >= 0.3 is 0 Å². The quantitative estimate of drug-likeness (QED) is 0.719. The van der Waals surface area contributed by atoms with Crippen LogP contribution in [0.3, 0.4) is 0 Å². The summed E-state index contributed by atoms with van der Waals surface area (Å²) >= 11 is 0. The molecule has 2 aromatic carbocycles. The average molecular weight is 348 g/mol. The van der Waals surface area contributed by atoms with Crippen molar-refractivity contribution >= 4 is 5.91 Å². The molecular weight excluding hydrogens is 324 g/mol. The summed E-state index contributed by atoms with van der Waals surface area (Å²) in [7, 11) is 0. The number of hydrogen-bond donors (Lipinski definition) is 2. The molecule has 3 rings (SSSR count). The van der Waals surface area contributed by atoms with E-state index >= 15 is 0 Å². The first-order chi connectivity index (χ1) is 12.4. The number of hydrogen-bond acceptors (Lipinski definition) is 3. The lowest BCUT2D eigenvalue weighted by atomic mass is 10.1. The van der Waals surface area contributed by atoms with Crippen LogP contribution < -0.4 is 11.1 Å². The number of nitrogens with two attached hydrogens (primary N) is 1. The Bertz CT molecular complexity index is 912. The van der Waals surface area contributed by atoms with Crippen LogP contribution in [0.2, 0.25) is 0 Å². The van der Waals surface area contributed by atoms with Crippen LogP contribution in [0.4, 0.5) is 0 Å². The zero-order valence-electron chi connectivity index (χ0n) is 15.4. The summed E-state index contributed by atoms with van der Waals surface area (Å²) in [6, 6.07) is 16.1. The summed E-state index contributed by atoms with van der Waals surface area (Å²) in [5.41, 5.74) is 11.7. The molecular formula is C21H24N4O. The molecule has 0 aliphatic carbocycles. The number of rotatable bonds is 6. The van der Waals surface area contributed by atoms with Crippen molar-refractivity contribution in [3.8, 4) is 16.9 Å². The second-order valence-electron chi connectivity index (χ2n) is 6.66. The van der Waals surface area contributed by atoms with Crippen LogP contribution in [0.5, 0.6) is 0 Å². The Morgan fingerprint density at radius 2 is 1.88 bits per heavy atom. The van der Waals surface area contributed by atoms with Gasteiger partial charge in [-0.25, -0.2) is 4.68 Å². The van der Waals surface area contributed by atoms with Crippen LogP contribution in [-0.4, -0.2) is 21.7 Å². The standard InChI is InChI=1S/C21H24N4O/c1-14-7-9-19(10-8-14)25-13-18(12-23-16(3)21(22)26)20(24-25)17-6-4-5-15(2)11-17/h4-11,13,16,23H,12H2,1-3H3,(H2,22,26)/t16-/m0/s1. The van der Waals surface area contributed by atoms with Crippen LogP contribution >= 0.6 is 0 Å². The van der Waals surface area contributed by atoms with Crippen molar-refractivity contribution in [3.63, 3.8) is 0 Å². The molecule has 0 unspecified atom stereocenters. The molecule has 0 bridgehead atoms. The first-order valence-corrected chi connectivity index (χ1v) is 8.69. The van der Waals surface area contributed by atoms with Gasteiger partial charge in [0.1, 0.15) is 0 Å². The number of aryl methyl sites for hydroxylation is 2. The first-order valence-electron chi connectivity index (χ1n) is 8.69. The third-order valence-corrected chi connectivity index (χ3v) is 4.41. The van der Waals surface area contributed by atoms with Crippen LogP contribution in [-0.2, 0) is 11.3 Å². The van der Waals surface area contributed by atoms with Gasteiger partial charge in [0.05, 0.1) is 17.4 Å². The molecule has 5 heteroatoms. The van der Waals surface area contributed by atoms with Crippen molar-refractivity contribution in [1.29, 1.82) is 0 Å². The van der Waals surface area contributed by atoms with Gasteiger partial charge in [-0.3, -0.25) is 4.79 Å². The molecule has 0 radical (unpaired) electrons. The monoisotopic (exact) mass is 348 g/mol. The smallest absolute Gasteiger partial charge is 0.234 e.